The number of hydrogen-bond acceptors (Lipinski definition) is 10. The number of aromatic nitrogens is 4. The van der Waals surface area contributed by atoms with Crippen molar-refractivity contribution in [3.05, 3.63) is 101 Å². The molecule has 5 rings (SSSR count). The fourth-order valence-corrected chi connectivity index (χ4v) is 10.4. The maximum absolute atomic E-state index is 12.2. The van der Waals surface area contributed by atoms with E-state index in [0.29, 0.717) is 49.4 Å². The van der Waals surface area contributed by atoms with Crippen LogP contribution in [0.25, 0.3) is 10.4 Å². The number of hydrogen-bond donors (Lipinski definition) is 0. The number of nitrogens with zero attached hydrogens (tertiary/aromatic N) is 9. The van der Waals surface area contributed by atoms with Gasteiger partial charge in [-0.3, -0.25) is 0 Å². The van der Waals surface area contributed by atoms with Gasteiger partial charge in [0, 0.05) is 49.3 Å². The number of carbonyl (C=O) groups is 1. The maximum Gasteiger partial charge on any atom is 0.341 e. The first-order valence-corrected chi connectivity index (χ1v) is 16.8. The molecular weight excluding hydrogens is 586 g/mol. The summed E-state index contributed by atoms with van der Waals surface area (Å²) >= 11 is 0. The molecule has 0 amide bonds. The molecule has 2 aromatic carbocycles. The van der Waals surface area contributed by atoms with E-state index >= 15 is 0 Å². The predicted octanol–water partition coefficient (Wildman–Crippen LogP) is 4.66. The Morgan fingerprint density at radius 3 is 2.04 bits per heavy atom. The molecule has 13 heteroatoms. The first-order valence-electron chi connectivity index (χ1n) is 14.9. The van der Waals surface area contributed by atoms with Gasteiger partial charge in [-0.05, 0) is 27.9 Å². The molecule has 1 unspecified atom stereocenters. The van der Waals surface area contributed by atoms with Crippen LogP contribution in [0.4, 0.5) is 17.6 Å². The van der Waals surface area contributed by atoms with Gasteiger partial charge in [-0.15, -0.1) is 0 Å². The molecule has 0 spiro atoms. The zero-order chi connectivity index (χ0) is 31.9. The molecule has 12 nitrogen and oxygen atoms in total. The lowest BCUT2D eigenvalue weighted by Crippen LogP contribution is -2.68. The molecular formula is C32H37N9O3Si. The van der Waals surface area contributed by atoms with Crippen molar-refractivity contribution in [1.82, 2.24) is 19.9 Å². The molecule has 1 fully saturated rings. The standard InChI is InChI=1S/C32H37N9O3Si/c1-5-43-29(42)24-18-34-30(35-19-24)40-16-17-41(31-36-20-25(21-37-31)38-39-33)26(22-40)23-44-45(32(2,3)4,27-12-8-6-9-13-27)28-14-10-7-11-15-28/h6-15,18-21,26H,5,16-17,22-23H2,1-4H3. The number of anilines is 2. The van der Waals surface area contributed by atoms with Crippen LogP contribution in [0.3, 0.4) is 0 Å². The van der Waals surface area contributed by atoms with Gasteiger partial charge in [0.05, 0.1) is 30.5 Å². The number of piperazine rings is 1. The average molecular weight is 624 g/mol. The Morgan fingerprint density at radius 1 is 0.933 bits per heavy atom. The first-order chi connectivity index (χ1) is 21.8. The summed E-state index contributed by atoms with van der Waals surface area (Å²) in [6.45, 7) is 10.9. The highest BCUT2D eigenvalue weighted by Gasteiger charge is 2.50. The van der Waals surface area contributed by atoms with Crippen LogP contribution in [0, 0.1) is 0 Å². The fourth-order valence-electron chi connectivity index (χ4n) is 5.80. The second kappa shape index (κ2) is 13.9. The van der Waals surface area contributed by atoms with Crippen LogP contribution in [-0.4, -0.2) is 73.1 Å². The van der Waals surface area contributed by atoms with Crippen molar-refractivity contribution in [2.24, 2.45) is 5.11 Å². The Bertz CT molecular complexity index is 1570. The Hall–Kier alpha value is -4.84. The fraction of sp³-hybridized carbons (Fsp3) is 0.344. The highest BCUT2D eigenvalue weighted by Crippen LogP contribution is 2.37. The van der Waals surface area contributed by atoms with Crippen LogP contribution in [-0.2, 0) is 9.16 Å². The second-order valence-electron chi connectivity index (χ2n) is 11.7. The number of carbonyl (C=O) groups excluding carboxylic acids is 1. The van der Waals surface area contributed by atoms with Crippen LogP contribution in [0.15, 0.2) is 90.6 Å². The normalized spacial score (nSPS) is 15.3. The summed E-state index contributed by atoms with van der Waals surface area (Å²) in [6, 6.07) is 20.8. The van der Waals surface area contributed by atoms with E-state index in [1.165, 1.54) is 35.2 Å². The van der Waals surface area contributed by atoms with Crippen molar-refractivity contribution < 1.29 is 14.0 Å². The number of rotatable bonds is 10. The minimum absolute atomic E-state index is 0.181. The smallest absolute Gasteiger partial charge is 0.341 e. The molecule has 0 aliphatic carbocycles. The molecule has 3 heterocycles. The highest BCUT2D eigenvalue weighted by molar-refractivity contribution is 6.99. The average Bonchev–Trinajstić information content (AvgIpc) is 3.06. The Kier molecular flexibility index (Phi) is 9.72. The van der Waals surface area contributed by atoms with Crippen molar-refractivity contribution in [3.63, 3.8) is 0 Å². The summed E-state index contributed by atoms with van der Waals surface area (Å²) < 4.78 is 12.4. The predicted molar refractivity (Wildman–Crippen MR) is 176 cm³/mol. The largest absolute Gasteiger partial charge is 0.462 e. The van der Waals surface area contributed by atoms with E-state index in [4.69, 9.17) is 14.7 Å². The SMILES string of the molecule is CCOC(=O)c1cnc(N2CCN(c3ncc(N=[N+]=[N-])cn3)C(CO[Si](c3ccccc3)(c3ccccc3)C(C)(C)C)C2)nc1. The maximum atomic E-state index is 12.2. The number of azide groups is 1. The summed E-state index contributed by atoms with van der Waals surface area (Å²) in [5.41, 5.74) is 9.48. The third-order valence-corrected chi connectivity index (χ3v) is 12.9. The van der Waals surface area contributed by atoms with Gasteiger partial charge in [0.15, 0.2) is 0 Å². The molecule has 0 bridgehead atoms. The molecule has 2 aromatic heterocycles. The van der Waals surface area contributed by atoms with Gasteiger partial charge in [-0.2, -0.15) is 0 Å². The van der Waals surface area contributed by atoms with Crippen LogP contribution in [0.5, 0.6) is 0 Å². The van der Waals surface area contributed by atoms with Gasteiger partial charge in [0.2, 0.25) is 11.9 Å². The molecule has 0 N–H and O–H groups in total. The summed E-state index contributed by atoms with van der Waals surface area (Å²) in [5.74, 6) is 0.575. The van der Waals surface area contributed by atoms with Crippen molar-refractivity contribution in [2.75, 3.05) is 42.6 Å². The van der Waals surface area contributed by atoms with E-state index < -0.39 is 14.3 Å². The molecule has 1 saturated heterocycles. The van der Waals surface area contributed by atoms with E-state index in [2.05, 4.69) is 109 Å². The van der Waals surface area contributed by atoms with Gasteiger partial charge in [0.25, 0.3) is 8.32 Å². The monoisotopic (exact) mass is 623 g/mol. The van der Waals surface area contributed by atoms with E-state index in [-0.39, 0.29) is 17.7 Å². The van der Waals surface area contributed by atoms with Crippen molar-refractivity contribution >= 4 is 42.2 Å². The van der Waals surface area contributed by atoms with Crippen LogP contribution in [0.1, 0.15) is 38.1 Å². The van der Waals surface area contributed by atoms with E-state index in [9.17, 15) is 4.79 Å². The molecule has 1 aliphatic heterocycles. The summed E-state index contributed by atoms with van der Waals surface area (Å²) in [4.78, 5) is 37.3. The van der Waals surface area contributed by atoms with Gasteiger partial charge >= 0.3 is 5.97 Å². The summed E-state index contributed by atoms with van der Waals surface area (Å²) in [6.07, 6.45) is 6.04. The van der Waals surface area contributed by atoms with Crippen LogP contribution >= 0.6 is 0 Å². The van der Waals surface area contributed by atoms with Crippen molar-refractivity contribution in [3.8, 4) is 0 Å². The highest BCUT2D eigenvalue weighted by atomic mass is 28.4. The quantitative estimate of drug-likeness (QED) is 0.0810. The lowest BCUT2D eigenvalue weighted by atomic mass is 10.2. The second-order valence-corrected chi connectivity index (χ2v) is 16.0. The van der Waals surface area contributed by atoms with E-state index in [0.717, 1.165) is 0 Å². The minimum Gasteiger partial charge on any atom is -0.462 e. The molecule has 4 aromatic rings. The summed E-state index contributed by atoms with van der Waals surface area (Å²) in [7, 11) is -2.84. The Balaban J connectivity index is 1.50. The molecule has 1 aliphatic rings. The van der Waals surface area contributed by atoms with Gasteiger partial charge < -0.3 is 19.0 Å². The van der Waals surface area contributed by atoms with Gasteiger partial charge in [0.1, 0.15) is 0 Å². The van der Waals surface area contributed by atoms with E-state index in [1.54, 1.807) is 6.92 Å². The van der Waals surface area contributed by atoms with E-state index in [1.807, 2.05) is 12.1 Å². The zero-order valence-corrected chi connectivity index (χ0v) is 26.9. The minimum atomic E-state index is -2.84. The number of ether oxygens (including phenoxy) is 1. The number of esters is 1. The third kappa shape index (κ3) is 6.80. The lowest BCUT2D eigenvalue weighted by molar-refractivity contribution is 0.0525. The summed E-state index contributed by atoms with van der Waals surface area (Å²) in [5, 5.41) is 5.80. The van der Waals surface area contributed by atoms with Crippen LogP contribution in [0.2, 0.25) is 5.04 Å². The molecule has 1 atom stereocenters. The van der Waals surface area contributed by atoms with Crippen molar-refractivity contribution in [1.29, 1.82) is 0 Å². The zero-order valence-electron chi connectivity index (χ0n) is 25.9. The molecule has 0 saturated carbocycles. The van der Waals surface area contributed by atoms with Gasteiger partial charge in [-0.25, -0.2) is 24.7 Å². The Morgan fingerprint density at radius 2 is 1.51 bits per heavy atom. The third-order valence-electron chi connectivity index (χ3n) is 7.87. The van der Waals surface area contributed by atoms with Crippen LogP contribution < -0.4 is 20.2 Å². The number of benzene rings is 2. The molecule has 0 radical (unpaired) electrons. The topological polar surface area (TPSA) is 142 Å². The molecule has 45 heavy (non-hydrogen) atoms. The Labute approximate surface area is 263 Å². The van der Waals surface area contributed by atoms with Crippen molar-refractivity contribution in [2.45, 2.75) is 38.8 Å². The van der Waals surface area contributed by atoms with Gasteiger partial charge in [-0.1, -0.05) is 86.5 Å². The first kappa shape index (κ1) is 31.6. The lowest BCUT2D eigenvalue weighted by Gasteiger charge is -2.46. The molecule has 232 valence electrons.